The second-order valence-corrected chi connectivity index (χ2v) is 4.75. The molecule has 0 aromatic heterocycles. The van der Waals surface area contributed by atoms with Crippen LogP contribution in [0.2, 0.25) is 0 Å². The zero-order valence-electron chi connectivity index (χ0n) is 8.06. The highest BCUT2D eigenvalue weighted by atomic mass is 79.9. The van der Waals surface area contributed by atoms with Crippen molar-refractivity contribution >= 4 is 27.5 Å². The maximum atomic E-state index is 12.8. The van der Waals surface area contributed by atoms with E-state index in [0.29, 0.717) is 0 Å². The Bertz CT molecular complexity index is 301. The van der Waals surface area contributed by atoms with Crippen molar-refractivity contribution in [2.24, 2.45) is 0 Å². The van der Waals surface area contributed by atoms with Crippen molar-refractivity contribution in [3.63, 3.8) is 0 Å². The van der Waals surface area contributed by atoms with Crippen molar-refractivity contribution in [2.75, 3.05) is 0 Å². The summed E-state index contributed by atoms with van der Waals surface area (Å²) in [6.07, 6.45) is 2.80. The summed E-state index contributed by atoms with van der Waals surface area (Å²) in [5.41, 5.74) is 1.12. The molecule has 1 atom stereocenters. The van der Waals surface area contributed by atoms with Crippen LogP contribution in [0.25, 0.3) is 0 Å². The first-order valence-corrected chi connectivity index (χ1v) is 5.94. The maximum absolute atomic E-state index is 12.8. The van der Waals surface area contributed by atoms with Crippen molar-refractivity contribution in [3.05, 3.63) is 34.1 Å². The minimum atomic E-state index is -0.210. The lowest BCUT2D eigenvalue weighted by Crippen LogP contribution is -1.99. The van der Waals surface area contributed by atoms with Crippen LogP contribution in [-0.2, 0) is 6.42 Å². The average molecular weight is 280 g/mol. The van der Waals surface area contributed by atoms with Crippen LogP contribution in [0.3, 0.4) is 0 Å². The molecule has 14 heavy (non-hydrogen) atoms. The van der Waals surface area contributed by atoms with Crippen molar-refractivity contribution in [1.29, 1.82) is 0 Å². The SMILES string of the molecule is CCC(Cl)CCc1ccc(F)cc1Br. The van der Waals surface area contributed by atoms with E-state index in [-0.39, 0.29) is 11.2 Å². The Labute approximate surface area is 97.6 Å². The Hall–Kier alpha value is -0.0800. The number of hydrogen-bond donors (Lipinski definition) is 0. The van der Waals surface area contributed by atoms with Crippen LogP contribution in [-0.4, -0.2) is 5.38 Å². The van der Waals surface area contributed by atoms with Gasteiger partial charge in [-0.1, -0.05) is 28.9 Å². The Morgan fingerprint density at radius 1 is 1.50 bits per heavy atom. The van der Waals surface area contributed by atoms with Crippen LogP contribution in [0.5, 0.6) is 0 Å². The van der Waals surface area contributed by atoms with Gasteiger partial charge in [0.25, 0.3) is 0 Å². The monoisotopic (exact) mass is 278 g/mol. The molecule has 0 saturated heterocycles. The zero-order valence-corrected chi connectivity index (χ0v) is 10.4. The maximum Gasteiger partial charge on any atom is 0.124 e. The van der Waals surface area contributed by atoms with Gasteiger partial charge in [0.2, 0.25) is 0 Å². The van der Waals surface area contributed by atoms with Crippen molar-refractivity contribution in [3.8, 4) is 0 Å². The Balaban J connectivity index is 2.59. The first-order valence-electron chi connectivity index (χ1n) is 4.71. The molecule has 1 aromatic rings. The van der Waals surface area contributed by atoms with Crippen molar-refractivity contribution < 1.29 is 4.39 Å². The second kappa shape index (κ2) is 5.72. The minimum Gasteiger partial charge on any atom is -0.207 e. The number of halogens is 3. The molecule has 0 radical (unpaired) electrons. The van der Waals surface area contributed by atoms with Gasteiger partial charge in [0.1, 0.15) is 5.82 Å². The van der Waals surface area contributed by atoms with Gasteiger partial charge in [-0.15, -0.1) is 11.6 Å². The van der Waals surface area contributed by atoms with Crippen LogP contribution in [0.15, 0.2) is 22.7 Å². The Kier molecular flexibility index (Phi) is 4.90. The van der Waals surface area contributed by atoms with Gasteiger partial charge >= 0.3 is 0 Å². The van der Waals surface area contributed by atoms with Crippen molar-refractivity contribution in [2.45, 2.75) is 31.6 Å². The van der Waals surface area contributed by atoms with Crippen LogP contribution >= 0.6 is 27.5 Å². The predicted molar refractivity (Wildman–Crippen MR) is 62.4 cm³/mol. The van der Waals surface area contributed by atoms with Gasteiger partial charge in [-0.3, -0.25) is 0 Å². The summed E-state index contributed by atoms with van der Waals surface area (Å²) in [5.74, 6) is -0.210. The number of rotatable bonds is 4. The summed E-state index contributed by atoms with van der Waals surface area (Å²) in [7, 11) is 0. The number of benzene rings is 1. The molecule has 78 valence electrons. The lowest BCUT2D eigenvalue weighted by Gasteiger charge is -2.07. The molecule has 0 N–H and O–H groups in total. The summed E-state index contributed by atoms with van der Waals surface area (Å²) in [6.45, 7) is 2.07. The van der Waals surface area contributed by atoms with Gasteiger partial charge in [0.05, 0.1) is 0 Å². The van der Waals surface area contributed by atoms with E-state index in [1.165, 1.54) is 12.1 Å². The third-order valence-corrected chi connectivity index (χ3v) is 3.45. The second-order valence-electron chi connectivity index (χ2n) is 3.28. The molecule has 0 spiro atoms. The van der Waals surface area contributed by atoms with Gasteiger partial charge in [0.15, 0.2) is 0 Å². The molecule has 0 bridgehead atoms. The number of hydrogen-bond acceptors (Lipinski definition) is 0. The number of aryl methyl sites for hydroxylation is 1. The fourth-order valence-corrected chi connectivity index (χ4v) is 1.90. The van der Waals surface area contributed by atoms with E-state index in [2.05, 4.69) is 22.9 Å². The molecule has 3 heteroatoms. The Morgan fingerprint density at radius 3 is 2.79 bits per heavy atom. The molecule has 0 aliphatic carbocycles. The molecule has 0 fully saturated rings. The molecule has 1 rings (SSSR count). The fourth-order valence-electron chi connectivity index (χ4n) is 1.24. The molecule has 0 nitrogen and oxygen atoms in total. The first-order chi connectivity index (χ1) is 6.63. The van der Waals surface area contributed by atoms with E-state index in [1.807, 2.05) is 0 Å². The van der Waals surface area contributed by atoms with Gasteiger partial charge in [-0.2, -0.15) is 0 Å². The molecule has 0 amide bonds. The van der Waals surface area contributed by atoms with Crippen LogP contribution in [0.4, 0.5) is 4.39 Å². The quantitative estimate of drug-likeness (QED) is 0.710. The molecule has 0 aliphatic heterocycles. The lowest BCUT2D eigenvalue weighted by atomic mass is 10.1. The van der Waals surface area contributed by atoms with E-state index in [1.54, 1.807) is 6.07 Å². The van der Waals surface area contributed by atoms with Crippen LogP contribution in [0, 0.1) is 5.82 Å². The largest absolute Gasteiger partial charge is 0.207 e. The third kappa shape index (κ3) is 3.58. The summed E-state index contributed by atoms with van der Waals surface area (Å²) in [5, 5.41) is 0.215. The predicted octanol–water partition coefficient (Wildman–Crippen LogP) is 4.54. The van der Waals surface area contributed by atoms with Gasteiger partial charge in [-0.25, -0.2) is 4.39 Å². The summed E-state index contributed by atoms with van der Waals surface area (Å²) >= 11 is 9.35. The van der Waals surface area contributed by atoms with Crippen LogP contribution in [0.1, 0.15) is 25.3 Å². The molecule has 0 heterocycles. The van der Waals surface area contributed by atoms with Crippen molar-refractivity contribution in [1.82, 2.24) is 0 Å². The average Bonchev–Trinajstić information content (AvgIpc) is 2.16. The zero-order chi connectivity index (χ0) is 10.6. The molecule has 0 saturated carbocycles. The third-order valence-electron chi connectivity index (χ3n) is 2.18. The summed E-state index contributed by atoms with van der Waals surface area (Å²) in [6, 6.07) is 4.78. The van der Waals surface area contributed by atoms with E-state index in [9.17, 15) is 4.39 Å². The molecule has 1 unspecified atom stereocenters. The normalized spacial score (nSPS) is 12.9. The molecule has 1 aromatic carbocycles. The van der Waals surface area contributed by atoms with Gasteiger partial charge < -0.3 is 0 Å². The summed E-state index contributed by atoms with van der Waals surface area (Å²) in [4.78, 5) is 0. The van der Waals surface area contributed by atoms with Crippen LogP contribution < -0.4 is 0 Å². The highest BCUT2D eigenvalue weighted by molar-refractivity contribution is 9.10. The van der Waals surface area contributed by atoms with Gasteiger partial charge in [-0.05, 0) is 37.0 Å². The molecule has 0 aliphatic rings. The van der Waals surface area contributed by atoms with E-state index < -0.39 is 0 Å². The number of alkyl halides is 1. The van der Waals surface area contributed by atoms with Gasteiger partial charge in [0, 0.05) is 9.85 Å². The highest BCUT2D eigenvalue weighted by Gasteiger charge is 2.05. The smallest absolute Gasteiger partial charge is 0.124 e. The Morgan fingerprint density at radius 2 is 2.21 bits per heavy atom. The minimum absolute atomic E-state index is 0.210. The lowest BCUT2D eigenvalue weighted by molar-refractivity contribution is 0.625. The summed E-state index contributed by atoms with van der Waals surface area (Å²) < 4.78 is 13.6. The fraction of sp³-hybridized carbons (Fsp3) is 0.455. The molecular weight excluding hydrogens is 266 g/mol. The van der Waals surface area contributed by atoms with E-state index in [4.69, 9.17) is 11.6 Å². The highest BCUT2D eigenvalue weighted by Crippen LogP contribution is 2.21. The first kappa shape index (κ1) is 12.0. The molecular formula is C11H13BrClF. The van der Waals surface area contributed by atoms with E-state index in [0.717, 1.165) is 29.3 Å². The van der Waals surface area contributed by atoms with E-state index >= 15 is 0 Å². The topological polar surface area (TPSA) is 0 Å². The standard InChI is InChI=1S/C11H13BrClF/c1-2-9(13)5-3-8-4-6-10(14)7-11(8)12/h4,6-7,9H,2-3,5H2,1H3.